The molecule has 4 amide bonds. The predicted molar refractivity (Wildman–Crippen MR) is 225 cm³/mol. The highest BCUT2D eigenvalue weighted by atomic mass is 16.3. The lowest BCUT2D eigenvalue weighted by molar-refractivity contribution is -0.144. The van der Waals surface area contributed by atoms with E-state index < -0.39 is 59.3 Å². The number of aliphatic hydroxyl groups excluding tert-OH is 1. The fourth-order valence-corrected chi connectivity index (χ4v) is 7.38. The van der Waals surface area contributed by atoms with Gasteiger partial charge in [-0.25, -0.2) is 0 Å². The molecule has 3 aromatic carbocycles. The molecule has 5 rings (SSSR count). The van der Waals surface area contributed by atoms with Crippen LogP contribution in [0.3, 0.4) is 0 Å². The van der Waals surface area contributed by atoms with Gasteiger partial charge in [0.2, 0.25) is 23.6 Å². The number of para-hydroxylation sites is 2. The molecule has 312 valence electrons. The van der Waals surface area contributed by atoms with Crippen LogP contribution in [0, 0.1) is 17.8 Å². The molecular weight excluding hydrogens is 751 g/mol. The fourth-order valence-electron chi connectivity index (χ4n) is 7.38. The third-order valence-electron chi connectivity index (χ3n) is 10.9. The molecule has 0 spiro atoms. The number of amides is 4. The summed E-state index contributed by atoms with van der Waals surface area (Å²) in [7, 11) is 1.37. The molecule has 0 saturated heterocycles. The van der Waals surface area contributed by atoms with E-state index in [1.165, 1.54) is 14.0 Å². The minimum absolute atomic E-state index is 0.116. The molecule has 2 aromatic heterocycles. The van der Waals surface area contributed by atoms with E-state index in [1.807, 2.05) is 78.9 Å². The molecule has 0 radical (unpaired) electrons. The Balaban J connectivity index is 1.37. The first kappa shape index (κ1) is 44.0. The van der Waals surface area contributed by atoms with Gasteiger partial charge in [-0.1, -0.05) is 73.2 Å². The molecule has 9 N–H and O–H groups in total. The highest BCUT2D eigenvalue weighted by molar-refractivity contribution is 5.95. The van der Waals surface area contributed by atoms with E-state index >= 15 is 0 Å². The standard InChI is InChI=1S/C45H55N7O7/c1-28(53)40(54)24-31(21-33-26-48-37-17-8-6-15-35(33)37)45(59)51-52(2)42(56)25-32(22-34-27-49-38-18-9-7-16-36(34)38)44(58)50-39(20-29-12-4-3-5-13-29)41(55)23-30(43(47)57)14-10-11-19-46/h3-9,12-13,15-18,26-28,30-32,39,48-49,53H,10-11,14,19-25,46H2,1-2H3,(H2,47,57)(H,50,58)(H,51,59)/t28-,30+,31-,32+,39+/m0/s1. The fraction of sp³-hybridized carbons (Fsp3) is 0.378. The number of aromatic nitrogens is 2. The monoisotopic (exact) mass is 805 g/mol. The van der Waals surface area contributed by atoms with Crippen LogP contribution in [0.25, 0.3) is 21.8 Å². The summed E-state index contributed by atoms with van der Waals surface area (Å²) in [4.78, 5) is 87.6. The second kappa shape index (κ2) is 21.0. The summed E-state index contributed by atoms with van der Waals surface area (Å²) in [5.74, 6) is -5.92. The third kappa shape index (κ3) is 12.2. The molecule has 0 aliphatic heterocycles. The van der Waals surface area contributed by atoms with Crippen LogP contribution in [-0.4, -0.2) is 81.0 Å². The molecule has 14 heteroatoms. The van der Waals surface area contributed by atoms with Crippen molar-refractivity contribution in [2.45, 2.75) is 76.9 Å². The normalized spacial score (nSPS) is 13.9. The van der Waals surface area contributed by atoms with Crippen molar-refractivity contribution in [1.29, 1.82) is 0 Å². The quantitative estimate of drug-likeness (QED) is 0.0401. The number of H-pyrrole nitrogens is 2. The first-order valence-electron chi connectivity index (χ1n) is 20.1. The summed E-state index contributed by atoms with van der Waals surface area (Å²) in [5, 5.41) is 15.7. The number of nitrogens with one attached hydrogen (secondary N) is 4. The van der Waals surface area contributed by atoms with Crippen LogP contribution in [0.5, 0.6) is 0 Å². The van der Waals surface area contributed by atoms with Crippen molar-refractivity contribution in [2.75, 3.05) is 13.6 Å². The van der Waals surface area contributed by atoms with Gasteiger partial charge in [-0.3, -0.25) is 39.2 Å². The van der Waals surface area contributed by atoms with Gasteiger partial charge in [0.15, 0.2) is 11.6 Å². The number of unbranched alkanes of at least 4 members (excludes halogenated alkanes) is 1. The van der Waals surface area contributed by atoms with E-state index in [9.17, 15) is 33.9 Å². The Hall–Kier alpha value is -6.12. The Morgan fingerprint density at radius 1 is 0.695 bits per heavy atom. The van der Waals surface area contributed by atoms with Crippen molar-refractivity contribution in [2.24, 2.45) is 29.2 Å². The minimum atomic E-state index is -1.29. The number of fused-ring (bicyclic) bond motifs is 2. The zero-order valence-corrected chi connectivity index (χ0v) is 33.6. The number of ketones is 2. The number of hydrazine groups is 1. The smallest absolute Gasteiger partial charge is 0.242 e. The number of aliphatic hydroxyl groups is 1. The molecule has 0 unspecified atom stereocenters. The van der Waals surface area contributed by atoms with Crippen LogP contribution in [-0.2, 0) is 48.0 Å². The number of Topliss-reactive ketones (excluding diaryl/α,β-unsaturated/α-hetero) is 2. The lowest BCUT2D eigenvalue weighted by Crippen LogP contribution is -2.49. The van der Waals surface area contributed by atoms with Crippen molar-refractivity contribution >= 4 is 57.0 Å². The predicted octanol–water partition coefficient (Wildman–Crippen LogP) is 3.80. The number of hydrogen-bond acceptors (Lipinski definition) is 8. The van der Waals surface area contributed by atoms with Gasteiger partial charge in [-0.2, -0.15) is 0 Å². The first-order chi connectivity index (χ1) is 28.3. The van der Waals surface area contributed by atoms with Crippen LogP contribution in [0.2, 0.25) is 0 Å². The molecule has 2 heterocycles. The average Bonchev–Trinajstić information content (AvgIpc) is 3.83. The largest absolute Gasteiger partial charge is 0.386 e. The van der Waals surface area contributed by atoms with Gasteiger partial charge < -0.3 is 31.9 Å². The maximum atomic E-state index is 14.4. The number of carbonyl (C=O) groups is 6. The van der Waals surface area contributed by atoms with E-state index in [2.05, 4.69) is 20.7 Å². The van der Waals surface area contributed by atoms with Crippen molar-refractivity contribution in [3.05, 3.63) is 108 Å². The number of hydrogen-bond donors (Lipinski definition) is 7. The van der Waals surface area contributed by atoms with E-state index in [1.54, 1.807) is 12.4 Å². The van der Waals surface area contributed by atoms with Crippen molar-refractivity contribution in [3.63, 3.8) is 0 Å². The maximum absolute atomic E-state index is 14.4. The van der Waals surface area contributed by atoms with Crippen molar-refractivity contribution < 1.29 is 33.9 Å². The lowest BCUT2D eigenvalue weighted by atomic mass is 9.89. The van der Waals surface area contributed by atoms with Gasteiger partial charge >= 0.3 is 0 Å². The SMILES string of the molecule is C[C@H](O)C(=O)C[C@H](Cc1c[nH]c2ccccc12)C(=O)NN(C)C(=O)C[C@@H](Cc1c[nH]c2ccccc12)C(=O)N[C@H](Cc1ccccc1)C(=O)C[C@@H](CCCCN)C(N)=O. The highest BCUT2D eigenvalue weighted by Gasteiger charge is 2.32. The number of primary amides is 1. The molecule has 14 nitrogen and oxygen atoms in total. The molecule has 5 aromatic rings. The number of nitrogens with two attached hydrogens (primary N) is 2. The molecule has 59 heavy (non-hydrogen) atoms. The molecule has 0 fully saturated rings. The van der Waals surface area contributed by atoms with Crippen LogP contribution >= 0.6 is 0 Å². The van der Waals surface area contributed by atoms with Crippen LogP contribution in [0.4, 0.5) is 0 Å². The lowest BCUT2D eigenvalue weighted by Gasteiger charge is -2.26. The number of carbonyl (C=O) groups excluding carboxylic acids is 6. The van der Waals surface area contributed by atoms with Gasteiger partial charge in [0.25, 0.3) is 0 Å². The molecule has 0 aliphatic rings. The van der Waals surface area contributed by atoms with Crippen molar-refractivity contribution in [1.82, 2.24) is 25.7 Å². The second-order valence-corrected chi connectivity index (χ2v) is 15.3. The van der Waals surface area contributed by atoms with E-state index in [0.29, 0.717) is 25.8 Å². The second-order valence-electron chi connectivity index (χ2n) is 15.3. The average molecular weight is 806 g/mol. The number of rotatable bonds is 22. The summed E-state index contributed by atoms with van der Waals surface area (Å²) in [5.41, 5.74) is 18.0. The van der Waals surface area contributed by atoms with E-state index in [0.717, 1.165) is 43.5 Å². The summed E-state index contributed by atoms with van der Waals surface area (Å²) >= 11 is 0. The number of nitrogens with zero attached hydrogens (tertiary/aromatic N) is 1. The summed E-state index contributed by atoms with van der Waals surface area (Å²) in [6.07, 6.45) is 3.57. The Kier molecular flexibility index (Phi) is 15.7. The van der Waals surface area contributed by atoms with Crippen LogP contribution in [0.1, 0.15) is 62.1 Å². The first-order valence-corrected chi connectivity index (χ1v) is 20.1. The summed E-state index contributed by atoms with van der Waals surface area (Å²) in [6, 6.07) is 23.2. The third-order valence-corrected chi connectivity index (χ3v) is 10.9. The van der Waals surface area contributed by atoms with Crippen LogP contribution in [0.15, 0.2) is 91.3 Å². The maximum Gasteiger partial charge on any atom is 0.242 e. The van der Waals surface area contributed by atoms with Gasteiger partial charge in [0.05, 0.1) is 17.9 Å². The highest BCUT2D eigenvalue weighted by Crippen LogP contribution is 2.25. The van der Waals surface area contributed by atoms with Crippen molar-refractivity contribution in [3.8, 4) is 0 Å². The zero-order chi connectivity index (χ0) is 42.5. The molecular formula is C45H55N7O7. The Bertz CT molecular complexity index is 2230. The topological polar surface area (TPSA) is 234 Å². The minimum Gasteiger partial charge on any atom is -0.386 e. The van der Waals surface area contributed by atoms with Gasteiger partial charge in [0.1, 0.15) is 6.10 Å². The molecule has 5 atom stereocenters. The van der Waals surface area contributed by atoms with Crippen LogP contribution < -0.4 is 22.2 Å². The Morgan fingerprint density at radius 2 is 1.24 bits per heavy atom. The summed E-state index contributed by atoms with van der Waals surface area (Å²) in [6.45, 7) is 1.78. The number of aromatic amines is 2. The van der Waals surface area contributed by atoms with E-state index in [-0.39, 0.29) is 44.3 Å². The molecule has 0 bridgehead atoms. The van der Waals surface area contributed by atoms with Gasteiger partial charge in [-0.05, 0) is 74.4 Å². The Morgan fingerprint density at radius 3 is 1.80 bits per heavy atom. The summed E-state index contributed by atoms with van der Waals surface area (Å²) < 4.78 is 0. The zero-order valence-electron chi connectivity index (χ0n) is 33.6. The molecule has 0 aliphatic carbocycles. The van der Waals surface area contributed by atoms with Gasteiger partial charge in [-0.15, -0.1) is 0 Å². The Labute approximate surface area is 343 Å². The van der Waals surface area contributed by atoms with Gasteiger partial charge in [0, 0.05) is 66.4 Å². The number of benzene rings is 3. The molecule has 0 saturated carbocycles. The van der Waals surface area contributed by atoms with E-state index in [4.69, 9.17) is 11.5 Å².